The molecule has 0 unspecified atom stereocenters. The second-order valence-electron chi connectivity index (χ2n) is 9.02. The molecule has 0 atom stereocenters. The van der Waals surface area contributed by atoms with Gasteiger partial charge in [0.2, 0.25) is 10.0 Å². The lowest BCUT2D eigenvalue weighted by molar-refractivity contribution is 0.0985. The summed E-state index contributed by atoms with van der Waals surface area (Å²) in [7, 11) is -3.94. The lowest BCUT2D eigenvalue weighted by atomic mass is 10.1. The van der Waals surface area contributed by atoms with Crippen molar-refractivity contribution in [1.82, 2.24) is 9.29 Å². The molecule has 4 aromatic rings. The molecule has 198 valence electrons. The maximum atomic E-state index is 13.8. The van der Waals surface area contributed by atoms with Crippen molar-refractivity contribution in [3.63, 3.8) is 0 Å². The van der Waals surface area contributed by atoms with Crippen LogP contribution in [0.25, 0.3) is 10.2 Å². The molecule has 0 radical (unpaired) electrons. The molecular weight excluding hydrogens is 530 g/mol. The Labute approximate surface area is 232 Å². The summed E-state index contributed by atoms with van der Waals surface area (Å²) in [4.78, 5) is 20.2. The normalized spacial score (nSPS) is 11.3. The van der Waals surface area contributed by atoms with Crippen LogP contribution in [0.1, 0.15) is 39.9 Å². The number of fused-ring (bicyclic) bond motifs is 1. The van der Waals surface area contributed by atoms with E-state index in [1.165, 1.54) is 35.6 Å². The van der Waals surface area contributed by atoms with Gasteiger partial charge in [0.25, 0.3) is 5.91 Å². The first-order valence-corrected chi connectivity index (χ1v) is 14.6. The molecule has 0 aliphatic rings. The molecule has 0 spiro atoms. The Hall–Kier alpha value is -4.09. The first-order valence-electron chi connectivity index (χ1n) is 12.3. The van der Waals surface area contributed by atoms with E-state index in [9.17, 15) is 13.2 Å². The third-order valence-electron chi connectivity index (χ3n) is 6.34. The summed E-state index contributed by atoms with van der Waals surface area (Å²) in [5.41, 5.74) is 4.34. The van der Waals surface area contributed by atoms with E-state index >= 15 is 0 Å². The Bertz CT molecular complexity index is 1610. The molecule has 1 amide bonds. The van der Waals surface area contributed by atoms with Crippen LogP contribution in [-0.2, 0) is 16.6 Å². The van der Waals surface area contributed by atoms with E-state index < -0.39 is 10.0 Å². The van der Waals surface area contributed by atoms with Crippen LogP contribution < -0.4 is 4.90 Å². The molecular formula is C29H27N5O3S2. The predicted molar refractivity (Wildman–Crippen MR) is 152 cm³/mol. The number of nitriles is 2. The molecule has 39 heavy (non-hydrogen) atoms. The van der Waals surface area contributed by atoms with Gasteiger partial charge in [-0.15, -0.1) is 0 Å². The van der Waals surface area contributed by atoms with Gasteiger partial charge in [-0.2, -0.15) is 14.8 Å². The fraction of sp³-hybridized carbons (Fsp3) is 0.241. The predicted octanol–water partition coefficient (Wildman–Crippen LogP) is 5.58. The topological polar surface area (TPSA) is 118 Å². The zero-order valence-corrected chi connectivity index (χ0v) is 23.3. The highest BCUT2D eigenvalue weighted by atomic mass is 32.2. The third-order valence-corrected chi connectivity index (χ3v) is 9.29. The molecule has 4 rings (SSSR count). The van der Waals surface area contributed by atoms with Gasteiger partial charge in [0.1, 0.15) is 0 Å². The number of nitrogens with zero attached hydrogens (tertiary/aromatic N) is 5. The zero-order chi connectivity index (χ0) is 28.0. The lowest BCUT2D eigenvalue weighted by Crippen LogP contribution is -2.33. The molecule has 8 nitrogen and oxygen atoms in total. The Morgan fingerprint density at radius 3 is 2.15 bits per heavy atom. The molecule has 0 aliphatic heterocycles. The maximum absolute atomic E-state index is 13.8. The van der Waals surface area contributed by atoms with Gasteiger partial charge in [-0.25, -0.2) is 13.4 Å². The minimum absolute atomic E-state index is 0.00419. The molecule has 1 aromatic heterocycles. The van der Waals surface area contributed by atoms with E-state index in [0.717, 1.165) is 31.2 Å². The van der Waals surface area contributed by atoms with Crippen molar-refractivity contribution in [1.29, 1.82) is 10.5 Å². The average Bonchev–Trinajstić information content (AvgIpc) is 3.34. The van der Waals surface area contributed by atoms with Gasteiger partial charge in [0.05, 0.1) is 33.8 Å². The Balaban J connectivity index is 1.67. The summed E-state index contributed by atoms with van der Waals surface area (Å²) in [6, 6.07) is 23.3. The molecule has 3 aromatic carbocycles. The fourth-order valence-corrected chi connectivity index (χ4v) is 6.54. The van der Waals surface area contributed by atoms with Gasteiger partial charge in [-0.3, -0.25) is 9.69 Å². The van der Waals surface area contributed by atoms with Crippen molar-refractivity contribution in [2.45, 2.75) is 38.1 Å². The van der Waals surface area contributed by atoms with Crippen LogP contribution >= 0.6 is 11.3 Å². The summed E-state index contributed by atoms with van der Waals surface area (Å²) in [6.45, 7) is 4.34. The van der Waals surface area contributed by atoms with Gasteiger partial charge in [0, 0.05) is 31.5 Å². The molecule has 0 bridgehead atoms. The number of hydrogen-bond acceptors (Lipinski definition) is 7. The number of benzene rings is 3. The summed E-state index contributed by atoms with van der Waals surface area (Å²) in [5.74, 6) is -0.305. The standard InChI is InChI=1S/C29H27N5O3S2/c1-21-18-26-27(19-22(21)2)38-29(32-26)34(20-23-8-4-3-5-9-23)28(35)24-10-12-25(13-11-24)39(36,37)33(16-6-14-30)17-7-15-31/h3-5,8-13,18-19H,6-7,16-17,20H2,1-2H3. The molecule has 1 heterocycles. The number of aryl methyl sites for hydroxylation is 2. The van der Waals surface area contributed by atoms with Gasteiger partial charge >= 0.3 is 0 Å². The molecule has 0 saturated heterocycles. The van der Waals surface area contributed by atoms with Crippen LogP contribution in [0.4, 0.5) is 5.13 Å². The van der Waals surface area contributed by atoms with Crippen molar-refractivity contribution >= 4 is 42.6 Å². The second-order valence-corrected chi connectivity index (χ2v) is 12.0. The molecule has 0 N–H and O–H groups in total. The van der Waals surface area contributed by atoms with Crippen LogP contribution in [0.3, 0.4) is 0 Å². The Kier molecular flexibility index (Phi) is 8.72. The number of carbonyl (C=O) groups is 1. The van der Waals surface area contributed by atoms with Crippen LogP contribution in [0, 0.1) is 36.5 Å². The fourth-order valence-electron chi connectivity index (χ4n) is 4.05. The Morgan fingerprint density at radius 1 is 0.923 bits per heavy atom. The number of sulfonamides is 1. The van der Waals surface area contributed by atoms with Crippen molar-refractivity contribution in [3.05, 3.63) is 89.0 Å². The SMILES string of the molecule is Cc1cc2nc(N(Cc3ccccc3)C(=O)c3ccc(S(=O)(=O)N(CCC#N)CCC#N)cc3)sc2cc1C. The highest BCUT2D eigenvalue weighted by Crippen LogP contribution is 2.32. The number of hydrogen-bond donors (Lipinski definition) is 0. The van der Waals surface area contributed by atoms with E-state index in [-0.39, 0.29) is 36.7 Å². The largest absolute Gasteiger partial charge is 0.279 e. The number of amides is 1. The van der Waals surface area contributed by atoms with Gasteiger partial charge in [-0.05, 0) is 66.9 Å². The molecule has 0 saturated carbocycles. The zero-order valence-electron chi connectivity index (χ0n) is 21.7. The van der Waals surface area contributed by atoms with E-state index in [1.807, 2.05) is 62.4 Å². The highest BCUT2D eigenvalue weighted by Gasteiger charge is 2.26. The summed E-state index contributed by atoms with van der Waals surface area (Å²) in [5, 5.41) is 18.4. The van der Waals surface area contributed by atoms with Crippen LogP contribution in [0.5, 0.6) is 0 Å². The first kappa shape index (κ1) is 27.9. The summed E-state index contributed by atoms with van der Waals surface area (Å²) >= 11 is 1.44. The number of anilines is 1. The molecule has 0 fully saturated rings. The van der Waals surface area contributed by atoms with Crippen molar-refractivity contribution in [2.75, 3.05) is 18.0 Å². The quantitative estimate of drug-likeness (QED) is 0.251. The van der Waals surface area contributed by atoms with E-state index in [0.29, 0.717) is 17.2 Å². The number of aromatic nitrogens is 1. The minimum Gasteiger partial charge on any atom is -0.279 e. The minimum atomic E-state index is -3.94. The van der Waals surface area contributed by atoms with Crippen molar-refractivity contribution < 1.29 is 13.2 Å². The summed E-state index contributed by atoms with van der Waals surface area (Å²) in [6.07, 6.45) is 0.0216. The smallest absolute Gasteiger partial charge is 0.260 e. The Morgan fingerprint density at radius 2 is 1.54 bits per heavy atom. The lowest BCUT2D eigenvalue weighted by Gasteiger charge is -2.21. The van der Waals surface area contributed by atoms with E-state index in [2.05, 4.69) is 6.07 Å². The van der Waals surface area contributed by atoms with E-state index in [1.54, 1.807) is 4.90 Å². The molecule has 10 heteroatoms. The van der Waals surface area contributed by atoms with Gasteiger partial charge in [0.15, 0.2) is 5.13 Å². The van der Waals surface area contributed by atoms with Crippen molar-refractivity contribution in [3.8, 4) is 12.1 Å². The van der Waals surface area contributed by atoms with Crippen LogP contribution in [0.15, 0.2) is 71.6 Å². The van der Waals surface area contributed by atoms with E-state index in [4.69, 9.17) is 15.5 Å². The third kappa shape index (κ3) is 6.32. The number of carbonyl (C=O) groups excluding carboxylic acids is 1. The average molecular weight is 558 g/mol. The molecule has 0 aliphatic carbocycles. The highest BCUT2D eigenvalue weighted by molar-refractivity contribution is 7.89. The van der Waals surface area contributed by atoms with Crippen molar-refractivity contribution in [2.24, 2.45) is 0 Å². The summed E-state index contributed by atoms with van der Waals surface area (Å²) < 4.78 is 28.5. The first-order chi connectivity index (χ1) is 18.7. The monoisotopic (exact) mass is 557 g/mol. The van der Waals surface area contributed by atoms with Gasteiger partial charge < -0.3 is 0 Å². The second kappa shape index (κ2) is 12.2. The van der Waals surface area contributed by atoms with Gasteiger partial charge in [-0.1, -0.05) is 41.7 Å². The number of rotatable bonds is 10. The van der Waals surface area contributed by atoms with Crippen LogP contribution in [0.2, 0.25) is 0 Å². The number of thiazole rings is 1. The van der Waals surface area contributed by atoms with Crippen LogP contribution in [-0.4, -0.2) is 36.7 Å². The maximum Gasteiger partial charge on any atom is 0.260 e.